The lowest BCUT2D eigenvalue weighted by Crippen LogP contribution is -2.34. The van der Waals surface area contributed by atoms with Crippen molar-refractivity contribution in [2.24, 2.45) is 0 Å². The van der Waals surface area contributed by atoms with Gasteiger partial charge in [0.2, 0.25) is 5.82 Å². The van der Waals surface area contributed by atoms with Crippen molar-refractivity contribution in [3.8, 4) is 0 Å². The molecule has 1 aromatic carbocycles. The maximum atomic E-state index is 13.3. The zero-order chi connectivity index (χ0) is 18.5. The number of rotatable bonds is 6. The molecule has 9 heteroatoms. The highest BCUT2D eigenvalue weighted by molar-refractivity contribution is 5.67. The van der Waals surface area contributed by atoms with E-state index in [0.29, 0.717) is 0 Å². The van der Waals surface area contributed by atoms with E-state index in [0.717, 1.165) is 18.2 Å². The number of hydrogen-bond acceptors (Lipinski definition) is 6. The minimum atomic E-state index is -1.45. The Hall–Kier alpha value is -2.26. The second kappa shape index (κ2) is 8.02. The van der Waals surface area contributed by atoms with Crippen LogP contribution in [-0.4, -0.2) is 39.5 Å². The fourth-order valence-electron chi connectivity index (χ4n) is 1.87. The van der Waals surface area contributed by atoms with E-state index in [1.807, 2.05) is 0 Å². The van der Waals surface area contributed by atoms with Crippen LogP contribution in [0.3, 0.4) is 0 Å². The summed E-state index contributed by atoms with van der Waals surface area (Å²) in [6, 6.07) is 2.87. The molecule has 1 amide bonds. The van der Waals surface area contributed by atoms with Crippen LogP contribution in [0.5, 0.6) is 0 Å². The van der Waals surface area contributed by atoms with Crippen LogP contribution in [0.2, 0.25) is 0 Å². The lowest BCUT2D eigenvalue weighted by Gasteiger charge is -2.21. The number of nitro benzene ring substituents is 1. The molecule has 3 N–H and O–H groups in total. The van der Waals surface area contributed by atoms with E-state index < -0.39 is 40.3 Å². The topological polar surface area (TPSA) is 122 Å². The van der Waals surface area contributed by atoms with Crippen molar-refractivity contribution >= 4 is 11.8 Å². The van der Waals surface area contributed by atoms with Crippen molar-refractivity contribution in [1.29, 1.82) is 0 Å². The first-order valence-corrected chi connectivity index (χ1v) is 7.28. The van der Waals surface area contributed by atoms with Gasteiger partial charge in [-0.1, -0.05) is 6.07 Å². The third-order valence-corrected chi connectivity index (χ3v) is 2.98. The van der Waals surface area contributed by atoms with Gasteiger partial charge < -0.3 is 20.3 Å². The third-order valence-electron chi connectivity index (χ3n) is 2.98. The van der Waals surface area contributed by atoms with E-state index >= 15 is 0 Å². The quantitative estimate of drug-likeness (QED) is 0.536. The highest BCUT2D eigenvalue weighted by atomic mass is 19.1. The van der Waals surface area contributed by atoms with Gasteiger partial charge in [-0.3, -0.25) is 10.1 Å². The summed E-state index contributed by atoms with van der Waals surface area (Å²) in [5.41, 5.74) is -1.44. The van der Waals surface area contributed by atoms with E-state index in [4.69, 9.17) is 4.74 Å². The SMILES string of the molecule is CC(C)(C)OC(=O)NCCC(O)C(O)c1ccc(F)c([N+](=O)[O-])c1. The molecule has 0 fully saturated rings. The van der Waals surface area contributed by atoms with Crippen LogP contribution in [0, 0.1) is 15.9 Å². The third kappa shape index (κ3) is 6.09. The number of hydrogen-bond donors (Lipinski definition) is 3. The summed E-state index contributed by atoms with van der Waals surface area (Å²) >= 11 is 0. The van der Waals surface area contributed by atoms with Gasteiger partial charge in [-0.15, -0.1) is 0 Å². The molecule has 8 nitrogen and oxygen atoms in total. The molecule has 1 aromatic rings. The molecule has 134 valence electrons. The van der Waals surface area contributed by atoms with Gasteiger partial charge in [-0.2, -0.15) is 4.39 Å². The first-order chi connectivity index (χ1) is 11.0. The molecule has 0 aromatic heterocycles. The van der Waals surface area contributed by atoms with Crippen molar-refractivity contribution in [3.63, 3.8) is 0 Å². The Balaban J connectivity index is 2.59. The van der Waals surface area contributed by atoms with Crippen molar-refractivity contribution in [2.75, 3.05) is 6.54 Å². The van der Waals surface area contributed by atoms with Crippen LogP contribution in [0.15, 0.2) is 18.2 Å². The van der Waals surface area contributed by atoms with E-state index in [9.17, 15) is 29.5 Å². The van der Waals surface area contributed by atoms with Gasteiger partial charge in [0.1, 0.15) is 11.7 Å². The Morgan fingerprint density at radius 3 is 2.58 bits per heavy atom. The first-order valence-electron chi connectivity index (χ1n) is 7.28. The number of amides is 1. The Labute approximate surface area is 138 Å². The molecule has 0 radical (unpaired) electrons. The summed E-state index contributed by atoms with van der Waals surface area (Å²) in [5.74, 6) is -1.03. The zero-order valence-electron chi connectivity index (χ0n) is 13.7. The summed E-state index contributed by atoms with van der Waals surface area (Å²) in [6.45, 7) is 5.13. The number of halogens is 1. The standard InChI is InChI=1S/C15H21FN2O6/c1-15(2,3)24-14(21)17-7-6-12(19)13(20)9-4-5-10(16)11(8-9)18(22)23/h4-5,8,12-13,19-20H,6-7H2,1-3H3,(H,17,21). The van der Waals surface area contributed by atoms with Gasteiger partial charge in [-0.25, -0.2) is 4.79 Å². The second-order valence-electron chi connectivity index (χ2n) is 6.20. The van der Waals surface area contributed by atoms with Gasteiger partial charge in [0.05, 0.1) is 11.0 Å². The second-order valence-corrected chi connectivity index (χ2v) is 6.20. The number of ether oxygens (including phenoxy) is 1. The van der Waals surface area contributed by atoms with E-state index in [2.05, 4.69) is 5.32 Å². The molecule has 0 aliphatic heterocycles. The van der Waals surface area contributed by atoms with Crippen LogP contribution in [-0.2, 0) is 4.74 Å². The summed E-state index contributed by atoms with van der Waals surface area (Å²) in [6.07, 6.45) is -3.44. The van der Waals surface area contributed by atoms with Gasteiger partial charge in [-0.05, 0) is 38.8 Å². The molecule has 2 unspecified atom stereocenters. The first kappa shape index (κ1) is 19.8. The van der Waals surface area contributed by atoms with Gasteiger partial charge in [0.25, 0.3) is 0 Å². The molecular formula is C15H21FN2O6. The molecule has 0 saturated heterocycles. The fourth-order valence-corrected chi connectivity index (χ4v) is 1.87. The molecular weight excluding hydrogens is 323 g/mol. The van der Waals surface area contributed by atoms with Crippen LogP contribution in [0.4, 0.5) is 14.9 Å². The highest BCUT2D eigenvalue weighted by Crippen LogP contribution is 2.25. The summed E-state index contributed by atoms with van der Waals surface area (Å²) in [5, 5.41) is 33.0. The van der Waals surface area contributed by atoms with Gasteiger partial charge >= 0.3 is 11.8 Å². The molecule has 0 bridgehead atoms. The number of aliphatic hydroxyl groups excluding tert-OH is 2. The fraction of sp³-hybridized carbons (Fsp3) is 0.533. The molecule has 2 atom stereocenters. The average molecular weight is 344 g/mol. The van der Waals surface area contributed by atoms with E-state index in [1.165, 1.54) is 0 Å². The smallest absolute Gasteiger partial charge is 0.407 e. The van der Waals surface area contributed by atoms with E-state index in [1.54, 1.807) is 20.8 Å². The maximum absolute atomic E-state index is 13.3. The molecule has 0 spiro atoms. The van der Waals surface area contributed by atoms with Crippen LogP contribution < -0.4 is 5.32 Å². The van der Waals surface area contributed by atoms with Gasteiger partial charge in [0.15, 0.2) is 0 Å². The summed E-state index contributed by atoms with van der Waals surface area (Å²) in [7, 11) is 0. The van der Waals surface area contributed by atoms with Crippen LogP contribution >= 0.6 is 0 Å². The molecule has 0 saturated carbocycles. The van der Waals surface area contributed by atoms with Crippen molar-refractivity contribution < 1.29 is 29.1 Å². The molecule has 0 heterocycles. The number of nitrogens with one attached hydrogen (secondary N) is 1. The van der Waals surface area contributed by atoms with E-state index in [-0.39, 0.29) is 18.5 Å². The minimum absolute atomic E-state index is 0.00729. The van der Waals surface area contributed by atoms with Gasteiger partial charge in [0, 0.05) is 12.6 Å². The molecule has 0 aliphatic rings. The lowest BCUT2D eigenvalue weighted by molar-refractivity contribution is -0.387. The predicted molar refractivity (Wildman–Crippen MR) is 82.9 cm³/mol. The number of nitrogens with zero attached hydrogens (tertiary/aromatic N) is 1. The van der Waals surface area contributed by atoms with Crippen molar-refractivity contribution in [3.05, 3.63) is 39.7 Å². The number of carbonyl (C=O) groups is 1. The normalized spacial score (nSPS) is 13.9. The van der Waals surface area contributed by atoms with Crippen LogP contribution in [0.1, 0.15) is 38.9 Å². The largest absolute Gasteiger partial charge is 0.444 e. The van der Waals surface area contributed by atoms with Crippen molar-refractivity contribution in [1.82, 2.24) is 5.32 Å². The predicted octanol–water partition coefficient (Wildman–Crippen LogP) is 2.04. The lowest BCUT2D eigenvalue weighted by atomic mass is 10.0. The minimum Gasteiger partial charge on any atom is -0.444 e. The number of carbonyl (C=O) groups excluding carboxylic acids is 1. The highest BCUT2D eigenvalue weighted by Gasteiger charge is 2.23. The number of aliphatic hydroxyl groups is 2. The molecule has 1 rings (SSSR count). The Morgan fingerprint density at radius 1 is 1.42 bits per heavy atom. The summed E-state index contributed by atoms with van der Waals surface area (Å²) in [4.78, 5) is 21.2. The average Bonchev–Trinajstić information content (AvgIpc) is 2.44. The number of nitro groups is 1. The van der Waals surface area contributed by atoms with Crippen molar-refractivity contribution in [2.45, 2.75) is 45.0 Å². The number of alkyl carbamates (subject to hydrolysis) is 1. The molecule has 0 aliphatic carbocycles. The maximum Gasteiger partial charge on any atom is 0.407 e. The summed E-state index contributed by atoms with van der Waals surface area (Å²) < 4.78 is 18.3. The Bertz CT molecular complexity index is 602. The van der Waals surface area contributed by atoms with Crippen LogP contribution in [0.25, 0.3) is 0 Å². The monoisotopic (exact) mass is 344 g/mol. The molecule has 24 heavy (non-hydrogen) atoms. The Morgan fingerprint density at radius 2 is 2.04 bits per heavy atom. The zero-order valence-corrected chi connectivity index (χ0v) is 13.7. The number of benzene rings is 1. The Kier molecular flexibility index (Phi) is 6.61.